The van der Waals surface area contributed by atoms with Gasteiger partial charge in [-0.25, -0.2) is 4.79 Å². The highest BCUT2D eigenvalue weighted by Gasteiger charge is 2.43. The van der Waals surface area contributed by atoms with Crippen LogP contribution in [0.4, 0.5) is 0 Å². The molecule has 2 fully saturated rings. The van der Waals surface area contributed by atoms with E-state index in [1.165, 1.54) is 0 Å². The van der Waals surface area contributed by atoms with E-state index in [1.54, 1.807) is 11.8 Å². The van der Waals surface area contributed by atoms with Crippen LogP contribution in [0.15, 0.2) is 21.3 Å². The minimum Gasteiger partial charge on any atom is -0.480 e. The molecular formula is C28H36N2O6. The number of aliphatic hydroxyl groups is 1. The van der Waals surface area contributed by atoms with E-state index in [9.17, 15) is 19.5 Å². The quantitative estimate of drug-likeness (QED) is 0.616. The number of likely N-dealkylation sites (tertiary alicyclic amines) is 1. The van der Waals surface area contributed by atoms with E-state index >= 15 is 0 Å². The molecule has 1 saturated heterocycles. The van der Waals surface area contributed by atoms with Crippen LogP contribution in [0.2, 0.25) is 0 Å². The highest BCUT2D eigenvalue weighted by atomic mass is 16.5. The Bertz CT molecular complexity index is 1240. The summed E-state index contributed by atoms with van der Waals surface area (Å²) < 4.78 is 11.7. The molecule has 1 aromatic heterocycles. The Balaban J connectivity index is 1.25. The Morgan fingerprint density at radius 2 is 1.97 bits per heavy atom. The van der Waals surface area contributed by atoms with E-state index < -0.39 is 11.7 Å². The topological polar surface area (TPSA) is 109 Å². The number of amides is 2. The normalized spacial score (nSPS) is 24.5. The van der Waals surface area contributed by atoms with Crippen LogP contribution in [0.5, 0.6) is 5.75 Å². The summed E-state index contributed by atoms with van der Waals surface area (Å²) in [6, 6.07) is 3.69. The van der Waals surface area contributed by atoms with Gasteiger partial charge in [0.25, 0.3) is 5.91 Å². The molecule has 2 heterocycles. The van der Waals surface area contributed by atoms with Gasteiger partial charge in [0.1, 0.15) is 11.3 Å². The zero-order valence-corrected chi connectivity index (χ0v) is 21.2. The number of carbonyl (C=O) groups is 2. The molecule has 2 aromatic rings. The molecule has 8 nitrogen and oxygen atoms in total. The highest BCUT2D eigenvalue weighted by molar-refractivity contribution is 5.90. The van der Waals surface area contributed by atoms with Gasteiger partial charge in [-0.05, 0) is 82.1 Å². The van der Waals surface area contributed by atoms with E-state index in [4.69, 9.17) is 9.15 Å². The molecule has 0 spiro atoms. The molecule has 3 atom stereocenters. The monoisotopic (exact) mass is 496 g/mol. The molecule has 2 amide bonds. The Kier molecular flexibility index (Phi) is 6.81. The van der Waals surface area contributed by atoms with Crippen molar-refractivity contribution >= 4 is 22.8 Å². The first-order valence-electron chi connectivity index (χ1n) is 13.3. The summed E-state index contributed by atoms with van der Waals surface area (Å²) in [7, 11) is 0. The number of nitrogens with one attached hydrogen (secondary N) is 1. The molecular weight excluding hydrogens is 460 g/mol. The van der Waals surface area contributed by atoms with Gasteiger partial charge in [0.05, 0.1) is 17.5 Å². The van der Waals surface area contributed by atoms with Crippen LogP contribution in [0, 0.1) is 12.8 Å². The second kappa shape index (κ2) is 9.88. The van der Waals surface area contributed by atoms with Crippen LogP contribution >= 0.6 is 0 Å². The van der Waals surface area contributed by atoms with Gasteiger partial charge < -0.3 is 24.5 Å². The molecule has 36 heavy (non-hydrogen) atoms. The summed E-state index contributed by atoms with van der Waals surface area (Å²) in [5, 5.41) is 14.3. The smallest absolute Gasteiger partial charge is 0.339 e. The van der Waals surface area contributed by atoms with Gasteiger partial charge in [-0.15, -0.1) is 0 Å². The van der Waals surface area contributed by atoms with E-state index in [0.29, 0.717) is 42.8 Å². The summed E-state index contributed by atoms with van der Waals surface area (Å²) in [4.78, 5) is 39.9. The Hall–Kier alpha value is -2.87. The van der Waals surface area contributed by atoms with Crippen molar-refractivity contribution in [2.45, 2.75) is 83.3 Å². The van der Waals surface area contributed by atoms with E-state index in [-0.39, 0.29) is 29.9 Å². The number of ether oxygens (including phenoxy) is 1. The number of hydrogen-bond donors (Lipinski definition) is 2. The Morgan fingerprint density at radius 1 is 1.19 bits per heavy atom. The second-order valence-corrected chi connectivity index (χ2v) is 10.8. The number of rotatable bonds is 5. The van der Waals surface area contributed by atoms with Gasteiger partial charge in [-0.2, -0.15) is 0 Å². The lowest BCUT2D eigenvalue weighted by atomic mass is 9.71. The number of carbonyl (C=O) groups excluding carboxylic acids is 2. The average Bonchev–Trinajstić information content (AvgIpc) is 2.86. The van der Waals surface area contributed by atoms with Gasteiger partial charge in [0.2, 0.25) is 5.91 Å². The Labute approximate surface area is 211 Å². The van der Waals surface area contributed by atoms with Crippen LogP contribution in [-0.4, -0.2) is 53.2 Å². The van der Waals surface area contributed by atoms with Gasteiger partial charge in [-0.3, -0.25) is 9.59 Å². The molecule has 1 aliphatic heterocycles. The maximum Gasteiger partial charge on any atom is 0.339 e. The SMILES string of the molecule is Cc1cc(OC(C)C(=O)NCC(=O)N2CC[C@@]3(O)CCCC[C@H]3C2)c2c3c(c(=O)oc2c1)CCCC3. The van der Waals surface area contributed by atoms with E-state index in [0.717, 1.165) is 61.5 Å². The number of benzene rings is 1. The largest absolute Gasteiger partial charge is 0.480 e. The van der Waals surface area contributed by atoms with Crippen molar-refractivity contribution in [2.24, 2.45) is 5.92 Å². The first kappa shape index (κ1) is 24.8. The molecule has 5 rings (SSSR count). The third-order valence-corrected chi connectivity index (χ3v) is 8.30. The molecule has 2 aliphatic carbocycles. The first-order chi connectivity index (χ1) is 17.2. The van der Waals surface area contributed by atoms with Crippen molar-refractivity contribution in [3.63, 3.8) is 0 Å². The number of hydrogen-bond acceptors (Lipinski definition) is 6. The molecule has 1 aromatic carbocycles. The standard InChI is InChI=1S/C28H36N2O6/c1-17-13-22(25-20-8-3-4-9-21(20)27(33)36-23(25)14-17)35-18(2)26(32)29-15-24(31)30-12-11-28(34)10-6-5-7-19(28)16-30/h13-14,18-19,34H,3-12,15-16H2,1-2H3,(H,29,32)/t18?,19-,28-/m0/s1. The van der Waals surface area contributed by atoms with Crippen LogP contribution in [0.3, 0.4) is 0 Å². The molecule has 1 unspecified atom stereocenters. The van der Waals surface area contributed by atoms with Crippen LogP contribution in [0.1, 0.15) is 68.6 Å². The maximum absolute atomic E-state index is 12.9. The third-order valence-electron chi connectivity index (χ3n) is 8.30. The fraction of sp³-hybridized carbons (Fsp3) is 0.607. The zero-order valence-electron chi connectivity index (χ0n) is 21.2. The van der Waals surface area contributed by atoms with Gasteiger partial charge >= 0.3 is 5.63 Å². The fourth-order valence-electron chi connectivity index (χ4n) is 6.22. The minimum atomic E-state index is -0.834. The van der Waals surface area contributed by atoms with Gasteiger partial charge in [-0.1, -0.05) is 12.8 Å². The number of nitrogens with zero attached hydrogens (tertiary/aromatic N) is 1. The molecule has 194 valence electrons. The molecule has 1 saturated carbocycles. The summed E-state index contributed by atoms with van der Waals surface area (Å²) >= 11 is 0. The number of fused-ring (bicyclic) bond motifs is 4. The van der Waals surface area contributed by atoms with Crippen LogP contribution < -0.4 is 15.7 Å². The lowest BCUT2D eigenvalue weighted by Gasteiger charge is -2.47. The predicted molar refractivity (Wildman–Crippen MR) is 135 cm³/mol. The zero-order chi connectivity index (χ0) is 25.4. The fourth-order valence-corrected chi connectivity index (χ4v) is 6.22. The molecule has 2 N–H and O–H groups in total. The molecule has 0 bridgehead atoms. The lowest BCUT2D eigenvalue weighted by molar-refractivity contribution is -0.144. The maximum atomic E-state index is 12.9. The minimum absolute atomic E-state index is 0.101. The first-order valence-corrected chi connectivity index (χ1v) is 13.3. The second-order valence-electron chi connectivity index (χ2n) is 10.8. The predicted octanol–water partition coefficient (Wildman–Crippen LogP) is 3.02. The van der Waals surface area contributed by atoms with Gasteiger partial charge in [0.15, 0.2) is 6.10 Å². The lowest BCUT2D eigenvalue weighted by Crippen LogP contribution is -2.56. The van der Waals surface area contributed by atoms with Crippen LogP contribution in [-0.2, 0) is 22.4 Å². The average molecular weight is 497 g/mol. The van der Waals surface area contributed by atoms with Crippen molar-refractivity contribution in [2.75, 3.05) is 19.6 Å². The Morgan fingerprint density at radius 3 is 2.78 bits per heavy atom. The van der Waals surface area contributed by atoms with Crippen molar-refractivity contribution in [1.29, 1.82) is 0 Å². The van der Waals surface area contributed by atoms with Crippen molar-refractivity contribution in [3.8, 4) is 5.75 Å². The van der Waals surface area contributed by atoms with Crippen molar-refractivity contribution < 1.29 is 23.8 Å². The molecule has 3 aliphatic rings. The summed E-state index contributed by atoms with van der Waals surface area (Å²) in [6.45, 7) is 4.50. The van der Waals surface area contributed by atoms with Gasteiger partial charge in [0, 0.05) is 24.6 Å². The van der Waals surface area contributed by atoms with E-state index in [2.05, 4.69) is 5.32 Å². The van der Waals surface area contributed by atoms with E-state index in [1.807, 2.05) is 19.1 Å². The summed E-state index contributed by atoms with van der Waals surface area (Å²) in [5.74, 6) is 0.117. The third kappa shape index (κ3) is 4.75. The van der Waals surface area contributed by atoms with Crippen molar-refractivity contribution in [3.05, 3.63) is 39.2 Å². The number of piperidine rings is 1. The number of aryl methyl sites for hydroxylation is 2. The van der Waals surface area contributed by atoms with Crippen molar-refractivity contribution in [1.82, 2.24) is 10.2 Å². The summed E-state index contributed by atoms with van der Waals surface area (Å²) in [5.41, 5.74) is 2.07. The summed E-state index contributed by atoms with van der Waals surface area (Å²) in [6.07, 6.45) is 7.04. The molecule has 8 heteroatoms. The highest BCUT2D eigenvalue weighted by Crippen LogP contribution is 2.40. The van der Waals surface area contributed by atoms with Crippen LogP contribution in [0.25, 0.3) is 11.0 Å². The molecule has 0 radical (unpaired) electrons.